The smallest absolute Gasteiger partial charge is 0.413 e. The number of rotatable bonds is 7. The fourth-order valence-corrected chi connectivity index (χ4v) is 5.77. The van der Waals surface area contributed by atoms with Crippen molar-refractivity contribution >= 4 is 16.9 Å². The lowest BCUT2D eigenvalue weighted by atomic mass is 9.74. The van der Waals surface area contributed by atoms with E-state index < -0.39 is 23.1 Å². The molecule has 1 unspecified atom stereocenters. The Balaban J connectivity index is 1.22. The van der Waals surface area contributed by atoms with E-state index in [1.54, 1.807) is 61.9 Å². The summed E-state index contributed by atoms with van der Waals surface area (Å²) in [5.74, 6) is 0.547. The Labute approximate surface area is 258 Å². The first-order chi connectivity index (χ1) is 21.5. The van der Waals surface area contributed by atoms with E-state index in [-0.39, 0.29) is 23.6 Å². The number of hydrogen-bond acceptors (Lipinski definition) is 7. The normalized spacial score (nSPS) is 19.7. The molecule has 1 saturated heterocycles. The number of amides is 1. The van der Waals surface area contributed by atoms with Crippen LogP contribution >= 0.6 is 0 Å². The van der Waals surface area contributed by atoms with Crippen LogP contribution in [0.4, 0.5) is 13.2 Å². The molecule has 0 spiro atoms. The van der Waals surface area contributed by atoms with Gasteiger partial charge in [-0.05, 0) is 62.4 Å². The van der Waals surface area contributed by atoms with E-state index in [1.165, 1.54) is 0 Å². The minimum absolute atomic E-state index is 0.122. The molecule has 45 heavy (non-hydrogen) atoms. The summed E-state index contributed by atoms with van der Waals surface area (Å²) in [6, 6.07) is 10.3. The minimum atomic E-state index is -4.54. The van der Waals surface area contributed by atoms with E-state index >= 15 is 0 Å². The lowest BCUT2D eigenvalue weighted by Gasteiger charge is -2.42. The number of nitrogens with one attached hydrogen (secondary N) is 2. The van der Waals surface area contributed by atoms with Crippen molar-refractivity contribution in [2.75, 3.05) is 39.8 Å². The van der Waals surface area contributed by atoms with Crippen LogP contribution in [0.25, 0.3) is 22.4 Å². The SMILES string of the molecule is Cc1ccc(C(=O)NC2=CCC(C)(CN3CCN(C)CC3)C(C(F)(F)F)=C2)cc1Oc1nc(-c2ccncc2)nc2cc[nH]c12. The fraction of sp³-hybridized carbons (Fsp3) is 0.333. The van der Waals surface area contributed by atoms with Crippen molar-refractivity contribution in [2.24, 2.45) is 5.41 Å². The molecular weight excluding hydrogens is 583 g/mol. The van der Waals surface area contributed by atoms with Gasteiger partial charge in [0.2, 0.25) is 5.88 Å². The summed E-state index contributed by atoms with van der Waals surface area (Å²) in [5.41, 5.74) is 1.33. The van der Waals surface area contributed by atoms with Gasteiger partial charge in [-0.2, -0.15) is 18.2 Å². The van der Waals surface area contributed by atoms with Crippen LogP contribution in [-0.4, -0.2) is 81.6 Å². The number of hydrogen-bond donors (Lipinski definition) is 2. The van der Waals surface area contributed by atoms with Crippen LogP contribution in [-0.2, 0) is 0 Å². The number of allylic oxidation sites excluding steroid dienone is 2. The van der Waals surface area contributed by atoms with Crippen molar-refractivity contribution in [3.63, 3.8) is 0 Å². The first kappa shape index (κ1) is 30.5. The van der Waals surface area contributed by atoms with E-state index in [2.05, 4.69) is 35.1 Å². The second kappa shape index (κ2) is 12.1. The number of aromatic nitrogens is 4. The summed E-state index contributed by atoms with van der Waals surface area (Å²) in [6.07, 6.45) is 3.40. The van der Waals surface area contributed by atoms with Crippen molar-refractivity contribution in [3.8, 4) is 23.0 Å². The molecule has 9 nitrogen and oxygen atoms in total. The predicted molar refractivity (Wildman–Crippen MR) is 165 cm³/mol. The molecule has 4 aromatic rings. The van der Waals surface area contributed by atoms with Gasteiger partial charge in [-0.1, -0.05) is 19.1 Å². The van der Waals surface area contributed by atoms with Gasteiger partial charge in [0.05, 0.1) is 5.52 Å². The number of fused-ring (bicyclic) bond motifs is 1. The van der Waals surface area contributed by atoms with Gasteiger partial charge >= 0.3 is 6.18 Å². The molecule has 2 N–H and O–H groups in total. The number of piperazine rings is 1. The maximum absolute atomic E-state index is 14.3. The highest BCUT2D eigenvalue weighted by atomic mass is 19.4. The molecule has 234 valence electrons. The van der Waals surface area contributed by atoms with E-state index in [0.29, 0.717) is 29.2 Å². The van der Waals surface area contributed by atoms with Crippen molar-refractivity contribution in [1.29, 1.82) is 0 Å². The van der Waals surface area contributed by atoms with Gasteiger partial charge in [0.1, 0.15) is 11.3 Å². The van der Waals surface area contributed by atoms with Gasteiger partial charge < -0.3 is 19.9 Å². The van der Waals surface area contributed by atoms with Crippen LogP contribution in [0, 0.1) is 12.3 Å². The number of halogens is 3. The quantitative estimate of drug-likeness (QED) is 0.267. The molecular formula is C33H34F3N7O2. The van der Waals surface area contributed by atoms with Crippen LogP contribution in [0.15, 0.2) is 78.4 Å². The molecule has 1 fully saturated rings. The molecule has 0 saturated carbocycles. The van der Waals surface area contributed by atoms with Crippen LogP contribution < -0.4 is 10.1 Å². The predicted octanol–water partition coefficient (Wildman–Crippen LogP) is 5.88. The number of carbonyl (C=O) groups excluding carboxylic acids is 1. The number of pyridine rings is 1. The number of aromatic amines is 1. The number of carbonyl (C=O) groups is 1. The molecule has 2 aliphatic rings. The maximum Gasteiger partial charge on any atom is 0.413 e. The zero-order valence-electron chi connectivity index (χ0n) is 25.3. The third-order valence-electron chi connectivity index (χ3n) is 8.42. The molecule has 1 aliphatic carbocycles. The number of H-pyrrole nitrogens is 1. The second-order valence-corrected chi connectivity index (χ2v) is 11.9. The average Bonchev–Trinajstić information content (AvgIpc) is 3.49. The topological polar surface area (TPSA) is 99.3 Å². The molecule has 1 aliphatic heterocycles. The highest BCUT2D eigenvalue weighted by Crippen LogP contribution is 2.45. The highest BCUT2D eigenvalue weighted by molar-refractivity contribution is 5.96. The van der Waals surface area contributed by atoms with Gasteiger partial charge in [-0.25, -0.2) is 4.98 Å². The third-order valence-corrected chi connectivity index (χ3v) is 8.42. The number of alkyl halides is 3. The number of benzene rings is 1. The molecule has 6 rings (SSSR count). The average molecular weight is 618 g/mol. The summed E-state index contributed by atoms with van der Waals surface area (Å²) in [5, 5.41) is 2.68. The highest BCUT2D eigenvalue weighted by Gasteiger charge is 2.47. The fourth-order valence-electron chi connectivity index (χ4n) is 5.77. The summed E-state index contributed by atoms with van der Waals surface area (Å²) < 4.78 is 49.3. The summed E-state index contributed by atoms with van der Waals surface area (Å²) >= 11 is 0. The van der Waals surface area contributed by atoms with E-state index in [9.17, 15) is 18.0 Å². The van der Waals surface area contributed by atoms with Gasteiger partial charge in [0, 0.05) is 79.1 Å². The van der Waals surface area contributed by atoms with Gasteiger partial charge in [-0.3, -0.25) is 14.7 Å². The number of ether oxygens (including phenoxy) is 1. The van der Waals surface area contributed by atoms with Gasteiger partial charge in [0.15, 0.2) is 5.82 Å². The largest absolute Gasteiger partial charge is 0.437 e. The summed E-state index contributed by atoms with van der Waals surface area (Å²) in [7, 11) is 2.01. The molecule has 3 aromatic heterocycles. The zero-order chi connectivity index (χ0) is 31.8. The Kier molecular flexibility index (Phi) is 8.19. The van der Waals surface area contributed by atoms with E-state index in [0.717, 1.165) is 43.4 Å². The Morgan fingerprint density at radius 3 is 2.58 bits per heavy atom. The second-order valence-electron chi connectivity index (χ2n) is 11.9. The van der Waals surface area contributed by atoms with E-state index in [1.807, 2.05) is 20.0 Å². The number of likely N-dealkylation sites (N-methyl/N-ethyl adjacent to an activating group) is 1. The maximum atomic E-state index is 14.3. The third kappa shape index (κ3) is 6.62. The van der Waals surface area contributed by atoms with E-state index in [4.69, 9.17) is 4.74 Å². The zero-order valence-corrected chi connectivity index (χ0v) is 25.3. The Morgan fingerprint density at radius 1 is 1.09 bits per heavy atom. The van der Waals surface area contributed by atoms with Gasteiger partial charge in [0.25, 0.3) is 5.91 Å². The van der Waals surface area contributed by atoms with Crippen molar-refractivity contribution in [1.82, 2.24) is 35.1 Å². The molecule has 1 amide bonds. The van der Waals surface area contributed by atoms with Crippen LogP contribution in [0.1, 0.15) is 29.3 Å². The summed E-state index contributed by atoms with van der Waals surface area (Å²) in [4.78, 5) is 33.9. The molecule has 0 radical (unpaired) electrons. The molecule has 1 aromatic carbocycles. The number of aryl methyl sites for hydroxylation is 1. The lowest BCUT2D eigenvalue weighted by Crippen LogP contribution is -2.49. The van der Waals surface area contributed by atoms with Crippen LogP contribution in [0.5, 0.6) is 11.6 Å². The molecule has 1 atom stereocenters. The monoisotopic (exact) mass is 617 g/mol. The lowest BCUT2D eigenvalue weighted by molar-refractivity contribution is -0.109. The van der Waals surface area contributed by atoms with Crippen molar-refractivity contribution in [3.05, 3.63) is 89.5 Å². The van der Waals surface area contributed by atoms with Crippen molar-refractivity contribution in [2.45, 2.75) is 26.4 Å². The van der Waals surface area contributed by atoms with Crippen molar-refractivity contribution < 1.29 is 22.7 Å². The van der Waals surface area contributed by atoms with Crippen LogP contribution in [0.2, 0.25) is 0 Å². The first-order valence-electron chi connectivity index (χ1n) is 14.7. The van der Waals surface area contributed by atoms with Gasteiger partial charge in [-0.15, -0.1) is 0 Å². The Morgan fingerprint density at radius 2 is 1.84 bits per heavy atom. The minimum Gasteiger partial charge on any atom is -0.437 e. The summed E-state index contributed by atoms with van der Waals surface area (Å²) in [6.45, 7) is 6.85. The first-order valence-corrected chi connectivity index (χ1v) is 14.7. The Hall–Kier alpha value is -4.55. The molecule has 0 bridgehead atoms. The Bertz CT molecular complexity index is 1780. The molecule has 4 heterocycles. The number of nitrogens with zero attached hydrogens (tertiary/aromatic N) is 5. The standard InChI is InChI=1S/C33H34F3N7O2/c1-21-4-5-23(18-26(21)45-31-28-25(9-13-38-28)40-29(41-31)22-7-11-37-12-8-22)30(44)39-24-6-10-32(2,27(19-24)33(34,35)36)20-43-16-14-42(3)15-17-43/h4-9,11-13,18-19,38H,10,14-17,20H2,1-3H3,(H,39,44). The van der Waals surface area contributed by atoms with Crippen LogP contribution in [0.3, 0.4) is 0 Å². The molecule has 12 heteroatoms.